The number of amides is 1. The fourth-order valence-corrected chi connectivity index (χ4v) is 0.281. The summed E-state index contributed by atoms with van der Waals surface area (Å²) in [5, 5.41) is 0. The molecule has 0 aromatic heterocycles. The smallest absolute Gasteiger partial charge is 0.255 e. The molecule has 0 aromatic carbocycles. The van der Waals surface area contributed by atoms with Gasteiger partial charge in [-0.15, -0.1) is 6.42 Å². The van der Waals surface area contributed by atoms with Gasteiger partial charge in [0.1, 0.15) is 0 Å². The molecular formula is C6H9NO2. The molecule has 0 radical (unpaired) electrons. The molecule has 0 bridgehead atoms. The zero-order valence-corrected chi connectivity index (χ0v) is 5.31. The molecule has 3 heteroatoms. The molecule has 0 heterocycles. The summed E-state index contributed by atoms with van der Waals surface area (Å²) < 4.78 is 0. The van der Waals surface area contributed by atoms with Crippen LogP contribution >= 0.6 is 0 Å². The average molecular weight is 127 g/mol. The van der Waals surface area contributed by atoms with Gasteiger partial charge >= 0.3 is 0 Å². The van der Waals surface area contributed by atoms with Gasteiger partial charge in [-0.2, -0.15) is 0 Å². The van der Waals surface area contributed by atoms with Crippen molar-refractivity contribution in [3.8, 4) is 12.3 Å². The maximum atomic E-state index is 10.4. The van der Waals surface area contributed by atoms with E-state index in [1.165, 1.54) is 0 Å². The van der Waals surface area contributed by atoms with E-state index in [4.69, 9.17) is 6.42 Å². The van der Waals surface area contributed by atoms with Gasteiger partial charge in [-0.1, -0.05) is 5.92 Å². The lowest BCUT2D eigenvalue weighted by Gasteiger charge is -1.98. The van der Waals surface area contributed by atoms with Gasteiger partial charge in [-0.25, -0.2) is 5.48 Å². The highest BCUT2D eigenvalue weighted by atomic mass is 16.6. The van der Waals surface area contributed by atoms with E-state index in [-0.39, 0.29) is 12.3 Å². The Balaban J connectivity index is 3.19. The van der Waals surface area contributed by atoms with Gasteiger partial charge in [0.15, 0.2) is 0 Å². The lowest BCUT2D eigenvalue weighted by molar-refractivity contribution is -0.132. The van der Waals surface area contributed by atoms with Crippen molar-refractivity contribution in [3.63, 3.8) is 0 Å². The van der Waals surface area contributed by atoms with Crippen LogP contribution in [-0.4, -0.2) is 12.5 Å². The zero-order valence-electron chi connectivity index (χ0n) is 5.31. The van der Waals surface area contributed by atoms with E-state index in [0.717, 1.165) is 0 Å². The monoisotopic (exact) mass is 127 g/mol. The first-order chi connectivity index (χ1) is 4.31. The standard InChI is InChI=1S/C6H9NO2/c1-3-5-6(8)7-9-4-2/h1H,4-5H2,2H3,(H,7,8). The second-order valence-corrected chi connectivity index (χ2v) is 1.34. The Bertz CT molecular complexity index is 126. The third kappa shape index (κ3) is 4.85. The molecule has 0 aliphatic carbocycles. The topological polar surface area (TPSA) is 38.3 Å². The van der Waals surface area contributed by atoms with E-state index in [2.05, 4.69) is 16.2 Å². The van der Waals surface area contributed by atoms with Gasteiger partial charge in [0.05, 0.1) is 13.0 Å². The van der Waals surface area contributed by atoms with E-state index in [1.54, 1.807) is 6.92 Å². The van der Waals surface area contributed by atoms with Gasteiger partial charge < -0.3 is 0 Å². The summed E-state index contributed by atoms with van der Waals surface area (Å²) >= 11 is 0. The van der Waals surface area contributed by atoms with Gasteiger partial charge in [0.25, 0.3) is 5.91 Å². The molecule has 3 nitrogen and oxygen atoms in total. The van der Waals surface area contributed by atoms with Crippen molar-refractivity contribution in [2.45, 2.75) is 13.3 Å². The quantitative estimate of drug-likeness (QED) is 0.430. The highest BCUT2D eigenvalue weighted by Gasteiger charge is 1.93. The van der Waals surface area contributed by atoms with Crippen LogP contribution in [0.5, 0.6) is 0 Å². The first kappa shape index (κ1) is 7.99. The van der Waals surface area contributed by atoms with Crippen molar-refractivity contribution < 1.29 is 9.63 Å². The van der Waals surface area contributed by atoms with E-state index in [9.17, 15) is 4.79 Å². The van der Waals surface area contributed by atoms with Crippen LogP contribution in [0.1, 0.15) is 13.3 Å². The summed E-state index contributed by atoms with van der Waals surface area (Å²) in [6.45, 7) is 2.23. The molecule has 0 unspecified atom stereocenters. The normalized spacial score (nSPS) is 8.00. The van der Waals surface area contributed by atoms with Gasteiger partial charge in [0, 0.05) is 0 Å². The average Bonchev–Trinajstić information content (AvgIpc) is 1.85. The van der Waals surface area contributed by atoms with Crippen LogP contribution in [-0.2, 0) is 9.63 Å². The lowest BCUT2D eigenvalue weighted by atomic mass is 10.4. The zero-order chi connectivity index (χ0) is 7.11. The molecule has 0 saturated carbocycles. The molecule has 0 aromatic rings. The predicted molar refractivity (Wildman–Crippen MR) is 33.2 cm³/mol. The van der Waals surface area contributed by atoms with Crippen molar-refractivity contribution in [3.05, 3.63) is 0 Å². The molecular weight excluding hydrogens is 118 g/mol. The lowest BCUT2D eigenvalue weighted by Crippen LogP contribution is -2.22. The van der Waals surface area contributed by atoms with Crippen molar-refractivity contribution >= 4 is 5.91 Å². The first-order valence-corrected chi connectivity index (χ1v) is 2.65. The SMILES string of the molecule is C#CCC(=O)NOCC. The summed E-state index contributed by atoms with van der Waals surface area (Å²) in [7, 11) is 0. The maximum absolute atomic E-state index is 10.4. The minimum atomic E-state index is -0.278. The largest absolute Gasteiger partial charge is 0.274 e. The summed E-state index contributed by atoms with van der Waals surface area (Å²) in [5.41, 5.74) is 2.15. The summed E-state index contributed by atoms with van der Waals surface area (Å²) in [4.78, 5) is 15.0. The molecule has 0 aliphatic rings. The van der Waals surface area contributed by atoms with Crippen LogP contribution in [0.15, 0.2) is 0 Å². The molecule has 9 heavy (non-hydrogen) atoms. The number of hydrogen-bond donors (Lipinski definition) is 1. The Morgan fingerprint density at radius 3 is 3.00 bits per heavy atom. The molecule has 0 atom stereocenters. The van der Waals surface area contributed by atoms with Crippen LogP contribution < -0.4 is 5.48 Å². The van der Waals surface area contributed by atoms with E-state index >= 15 is 0 Å². The molecule has 0 spiro atoms. The highest BCUT2D eigenvalue weighted by molar-refractivity contribution is 5.77. The minimum Gasteiger partial charge on any atom is -0.274 e. The Morgan fingerprint density at radius 2 is 2.56 bits per heavy atom. The van der Waals surface area contributed by atoms with Gasteiger partial charge in [-0.3, -0.25) is 9.63 Å². The van der Waals surface area contributed by atoms with Crippen LogP contribution in [0.4, 0.5) is 0 Å². The van der Waals surface area contributed by atoms with Crippen molar-refractivity contribution in [2.24, 2.45) is 0 Å². The number of hydroxylamine groups is 1. The number of rotatable bonds is 3. The van der Waals surface area contributed by atoms with E-state index < -0.39 is 0 Å². The molecule has 0 saturated heterocycles. The summed E-state index contributed by atoms with van der Waals surface area (Å²) in [6, 6.07) is 0. The molecule has 0 rings (SSSR count). The number of terminal acetylenes is 1. The first-order valence-electron chi connectivity index (χ1n) is 2.65. The number of hydrogen-bond acceptors (Lipinski definition) is 2. The molecule has 50 valence electrons. The predicted octanol–water partition coefficient (Wildman–Crippen LogP) is 0.0774. The number of carbonyl (C=O) groups is 1. The van der Waals surface area contributed by atoms with Crippen LogP contribution in [0.3, 0.4) is 0 Å². The summed E-state index contributed by atoms with van der Waals surface area (Å²) in [6.07, 6.45) is 4.90. The van der Waals surface area contributed by atoms with Crippen molar-refractivity contribution in [1.82, 2.24) is 5.48 Å². The van der Waals surface area contributed by atoms with Crippen molar-refractivity contribution in [2.75, 3.05) is 6.61 Å². The van der Waals surface area contributed by atoms with Gasteiger partial charge in [-0.05, 0) is 6.92 Å². The van der Waals surface area contributed by atoms with Crippen molar-refractivity contribution in [1.29, 1.82) is 0 Å². The minimum absolute atomic E-state index is 0.0694. The Morgan fingerprint density at radius 1 is 1.89 bits per heavy atom. The molecule has 1 N–H and O–H groups in total. The molecule has 0 fully saturated rings. The third-order valence-corrected chi connectivity index (χ3v) is 0.593. The van der Waals surface area contributed by atoms with Crippen LogP contribution in [0.2, 0.25) is 0 Å². The van der Waals surface area contributed by atoms with Crippen LogP contribution in [0.25, 0.3) is 0 Å². The maximum Gasteiger partial charge on any atom is 0.255 e. The second-order valence-electron chi connectivity index (χ2n) is 1.34. The third-order valence-electron chi connectivity index (χ3n) is 0.593. The van der Waals surface area contributed by atoms with E-state index in [0.29, 0.717) is 6.61 Å². The van der Waals surface area contributed by atoms with E-state index in [1.807, 2.05) is 0 Å². The Hall–Kier alpha value is -1.01. The summed E-state index contributed by atoms with van der Waals surface area (Å²) in [5.74, 6) is 1.91. The fraction of sp³-hybridized carbons (Fsp3) is 0.500. The number of carbonyl (C=O) groups excluding carboxylic acids is 1. The molecule has 1 amide bonds. The molecule has 0 aliphatic heterocycles. The Labute approximate surface area is 54.3 Å². The Kier molecular flexibility index (Phi) is 4.56. The highest BCUT2D eigenvalue weighted by Crippen LogP contribution is 1.74. The van der Waals surface area contributed by atoms with Crippen LogP contribution in [0, 0.1) is 12.3 Å². The number of nitrogens with one attached hydrogen (secondary N) is 1. The van der Waals surface area contributed by atoms with Gasteiger partial charge in [0.2, 0.25) is 0 Å². The second kappa shape index (κ2) is 5.13. The fourth-order valence-electron chi connectivity index (χ4n) is 0.281.